The normalized spacial score (nSPS) is 16.6. The molecule has 8 nitrogen and oxygen atoms in total. The molecule has 190 valence electrons. The van der Waals surface area contributed by atoms with Gasteiger partial charge in [-0.2, -0.15) is 0 Å². The van der Waals surface area contributed by atoms with Crippen molar-refractivity contribution < 1.29 is 28.6 Å². The molecule has 34 heavy (non-hydrogen) atoms. The molecule has 2 rings (SSSR count). The van der Waals surface area contributed by atoms with Gasteiger partial charge < -0.3 is 24.4 Å². The highest BCUT2D eigenvalue weighted by molar-refractivity contribution is 5.78. The molecule has 0 aromatic heterocycles. The average Bonchev–Trinajstić information content (AvgIpc) is 2.79. The minimum atomic E-state index is -0.713. The largest absolute Gasteiger partial charge is 0.469 e. The van der Waals surface area contributed by atoms with E-state index in [1.54, 1.807) is 4.90 Å². The number of hydrogen-bond donors (Lipinski definition) is 1. The predicted octanol–water partition coefficient (Wildman–Crippen LogP) is 3.92. The first-order chi connectivity index (χ1) is 16.0. The zero-order chi connectivity index (χ0) is 25.4. The molecular weight excluding hydrogens is 436 g/mol. The number of benzene rings is 1. The van der Waals surface area contributed by atoms with Gasteiger partial charge in [-0.3, -0.25) is 9.59 Å². The van der Waals surface area contributed by atoms with Crippen molar-refractivity contribution in [1.29, 1.82) is 0 Å². The Hall–Kier alpha value is -2.61. The summed E-state index contributed by atoms with van der Waals surface area (Å²) in [5, 5.41) is 3.28. The van der Waals surface area contributed by atoms with E-state index >= 15 is 0 Å². The minimum Gasteiger partial charge on any atom is -0.469 e. The second kappa shape index (κ2) is 12.2. The third-order valence-corrected chi connectivity index (χ3v) is 6.10. The molecule has 0 bridgehead atoms. The number of carbonyl (C=O) groups excluding carboxylic acids is 3. The summed E-state index contributed by atoms with van der Waals surface area (Å²) in [5.74, 6) is -0.581. The second-order valence-corrected chi connectivity index (χ2v) is 10.3. The standard InChI is InChI=1S/C26H40N2O6/c1-19(2)21(22(29)33-18-20-10-8-7-9-11-20)27-15-12-26(23(30)32-6)13-16-28(17-14-26)24(31)34-25(3,4)5/h7-11,19,21,27H,12-18H2,1-6H3. The van der Waals surface area contributed by atoms with E-state index in [1.807, 2.05) is 65.0 Å². The number of hydrogen-bond acceptors (Lipinski definition) is 7. The molecule has 0 saturated carbocycles. The van der Waals surface area contributed by atoms with Crippen molar-refractivity contribution >= 4 is 18.0 Å². The van der Waals surface area contributed by atoms with Gasteiger partial charge in [-0.25, -0.2) is 4.79 Å². The van der Waals surface area contributed by atoms with E-state index in [0.717, 1.165) is 5.56 Å². The number of carbonyl (C=O) groups is 3. The van der Waals surface area contributed by atoms with E-state index in [4.69, 9.17) is 14.2 Å². The Morgan fingerprint density at radius 1 is 1.09 bits per heavy atom. The summed E-state index contributed by atoms with van der Waals surface area (Å²) < 4.78 is 16.1. The molecule has 1 aliphatic rings. The number of rotatable bonds is 9. The van der Waals surface area contributed by atoms with Crippen LogP contribution in [0.25, 0.3) is 0 Å². The van der Waals surface area contributed by atoms with Crippen LogP contribution in [0.15, 0.2) is 30.3 Å². The molecule has 0 radical (unpaired) electrons. The van der Waals surface area contributed by atoms with Gasteiger partial charge in [-0.05, 0) is 58.1 Å². The van der Waals surface area contributed by atoms with Gasteiger partial charge in [0.25, 0.3) is 0 Å². The van der Waals surface area contributed by atoms with Crippen LogP contribution < -0.4 is 5.32 Å². The van der Waals surface area contributed by atoms with E-state index in [0.29, 0.717) is 38.9 Å². The lowest BCUT2D eigenvalue weighted by Crippen LogP contribution is -2.50. The summed E-state index contributed by atoms with van der Waals surface area (Å²) in [5.41, 5.74) is -0.353. The maximum Gasteiger partial charge on any atom is 0.410 e. The highest BCUT2D eigenvalue weighted by Crippen LogP contribution is 2.36. The van der Waals surface area contributed by atoms with Crippen LogP contribution in [0, 0.1) is 11.3 Å². The molecule has 1 heterocycles. The van der Waals surface area contributed by atoms with Crippen molar-refractivity contribution in [1.82, 2.24) is 10.2 Å². The molecule has 1 fully saturated rings. The van der Waals surface area contributed by atoms with Crippen LogP contribution in [0.5, 0.6) is 0 Å². The minimum absolute atomic E-state index is 0.0198. The molecule has 1 aromatic rings. The van der Waals surface area contributed by atoms with Crippen LogP contribution in [0.4, 0.5) is 4.79 Å². The van der Waals surface area contributed by atoms with E-state index in [9.17, 15) is 14.4 Å². The molecule has 0 aliphatic carbocycles. The van der Waals surface area contributed by atoms with Gasteiger partial charge >= 0.3 is 18.0 Å². The fourth-order valence-electron chi connectivity index (χ4n) is 4.09. The van der Waals surface area contributed by atoms with Crippen molar-refractivity contribution in [2.45, 2.75) is 72.1 Å². The SMILES string of the molecule is COC(=O)C1(CCNC(C(=O)OCc2ccccc2)C(C)C)CCN(C(=O)OC(C)(C)C)CC1. The van der Waals surface area contributed by atoms with Gasteiger partial charge in [0.2, 0.25) is 0 Å². The Labute approximate surface area is 203 Å². The van der Waals surface area contributed by atoms with Gasteiger partial charge in [0.1, 0.15) is 18.2 Å². The number of nitrogens with zero attached hydrogens (tertiary/aromatic N) is 1. The summed E-state index contributed by atoms with van der Waals surface area (Å²) in [4.78, 5) is 39.5. The Bertz CT molecular complexity index is 810. The molecule has 1 saturated heterocycles. The number of esters is 2. The van der Waals surface area contributed by atoms with Crippen LogP contribution in [0.2, 0.25) is 0 Å². The first-order valence-corrected chi connectivity index (χ1v) is 12.0. The van der Waals surface area contributed by atoms with Crippen LogP contribution >= 0.6 is 0 Å². The van der Waals surface area contributed by atoms with Crippen molar-refractivity contribution in [3.63, 3.8) is 0 Å². The van der Waals surface area contributed by atoms with Gasteiger partial charge in [-0.1, -0.05) is 44.2 Å². The van der Waals surface area contributed by atoms with E-state index in [2.05, 4.69) is 5.32 Å². The molecule has 1 aromatic carbocycles. The summed E-state index contributed by atoms with van der Waals surface area (Å²) in [6, 6.07) is 9.06. The third kappa shape index (κ3) is 8.01. The Morgan fingerprint density at radius 3 is 2.24 bits per heavy atom. The smallest absolute Gasteiger partial charge is 0.410 e. The van der Waals surface area contributed by atoms with E-state index < -0.39 is 17.1 Å². The first kappa shape index (κ1) is 27.6. The van der Waals surface area contributed by atoms with Crippen LogP contribution in [0.3, 0.4) is 0 Å². The molecule has 8 heteroatoms. The van der Waals surface area contributed by atoms with Gasteiger partial charge in [0.15, 0.2) is 0 Å². The van der Waals surface area contributed by atoms with E-state index in [-0.39, 0.29) is 30.6 Å². The summed E-state index contributed by atoms with van der Waals surface area (Å²) in [7, 11) is 1.38. The van der Waals surface area contributed by atoms with Gasteiger partial charge in [-0.15, -0.1) is 0 Å². The molecule has 1 unspecified atom stereocenters. The first-order valence-electron chi connectivity index (χ1n) is 12.0. The number of nitrogens with one attached hydrogen (secondary N) is 1. The quantitative estimate of drug-likeness (QED) is 0.426. The molecule has 1 aliphatic heterocycles. The lowest BCUT2D eigenvalue weighted by molar-refractivity contribution is -0.156. The number of likely N-dealkylation sites (tertiary alicyclic amines) is 1. The second-order valence-electron chi connectivity index (χ2n) is 10.3. The monoisotopic (exact) mass is 476 g/mol. The fourth-order valence-corrected chi connectivity index (χ4v) is 4.09. The van der Waals surface area contributed by atoms with Crippen LogP contribution in [-0.2, 0) is 30.4 Å². The summed E-state index contributed by atoms with van der Waals surface area (Å²) >= 11 is 0. The van der Waals surface area contributed by atoms with E-state index in [1.165, 1.54) is 7.11 Å². The molecular formula is C26H40N2O6. The highest BCUT2D eigenvalue weighted by Gasteiger charge is 2.43. The average molecular weight is 477 g/mol. The molecule has 1 amide bonds. The number of piperidine rings is 1. The lowest BCUT2D eigenvalue weighted by Gasteiger charge is -2.40. The maximum atomic E-state index is 12.7. The number of methoxy groups -OCH3 is 1. The highest BCUT2D eigenvalue weighted by atomic mass is 16.6. The molecule has 0 spiro atoms. The molecule has 1 atom stereocenters. The maximum absolute atomic E-state index is 12.7. The number of amides is 1. The van der Waals surface area contributed by atoms with Crippen molar-refractivity contribution in [2.75, 3.05) is 26.7 Å². The van der Waals surface area contributed by atoms with Crippen molar-refractivity contribution in [2.24, 2.45) is 11.3 Å². The zero-order valence-electron chi connectivity index (χ0n) is 21.4. The number of ether oxygens (including phenoxy) is 3. The van der Waals surface area contributed by atoms with Gasteiger partial charge in [0.05, 0.1) is 12.5 Å². The Kier molecular flexibility index (Phi) is 9.91. The lowest BCUT2D eigenvalue weighted by atomic mass is 9.75. The fraction of sp³-hybridized carbons (Fsp3) is 0.654. The third-order valence-electron chi connectivity index (χ3n) is 6.10. The predicted molar refractivity (Wildman–Crippen MR) is 129 cm³/mol. The Morgan fingerprint density at radius 2 is 1.71 bits per heavy atom. The van der Waals surface area contributed by atoms with Crippen LogP contribution in [-0.4, -0.2) is 61.3 Å². The Balaban J connectivity index is 1.94. The van der Waals surface area contributed by atoms with Crippen LogP contribution in [0.1, 0.15) is 59.4 Å². The van der Waals surface area contributed by atoms with Crippen molar-refractivity contribution in [3.8, 4) is 0 Å². The summed E-state index contributed by atoms with van der Waals surface area (Å²) in [6.45, 7) is 10.9. The zero-order valence-corrected chi connectivity index (χ0v) is 21.4. The van der Waals surface area contributed by atoms with Crippen molar-refractivity contribution in [3.05, 3.63) is 35.9 Å². The summed E-state index contributed by atoms with van der Waals surface area (Å²) in [6.07, 6.45) is 1.08. The topological polar surface area (TPSA) is 94.2 Å². The molecule has 1 N–H and O–H groups in total. The van der Waals surface area contributed by atoms with Gasteiger partial charge in [0, 0.05) is 13.1 Å².